The molecule has 0 radical (unpaired) electrons. The molecule has 0 spiro atoms. The van der Waals surface area contributed by atoms with Crippen molar-refractivity contribution in [2.75, 3.05) is 13.1 Å². The molecule has 98 valence electrons. The Labute approximate surface area is 108 Å². The van der Waals surface area contributed by atoms with Crippen molar-refractivity contribution in [1.82, 2.24) is 9.88 Å². The van der Waals surface area contributed by atoms with E-state index in [1.54, 1.807) is 12.3 Å². The number of rotatable bonds is 4. The van der Waals surface area contributed by atoms with Gasteiger partial charge in [0.05, 0.1) is 0 Å². The molecule has 1 aliphatic rings. The van der Waals surface area contributed by atoms with Gasteiger partial charge in [0.25, 0.3) is 0 Å². The van der Waals surface area contributed by atoms with Gasteiger partial charge in [-0.1, -0.05) is 13.3 Å². The fraction of sp³-hybridized carbons (Fsp3) is 0.571. The molecule has 4 nitrogen and oxygen atoms in total. The standard InChI is InChI=1S/C14H20N2O2/c1-2-11-4-7-16(8-5-11)10-12-3-6-15-13(9-12)14(17)18/h3,6,9,11H,2,4-5,7-8,10H2,1H3,(H,17,18). The van der Waals surface area contributed by atoms with Gasteiger partial charge in [-0.2, -0.15) is 0 Å². The number of carboxylic acids is 1. The highest BCUT2D eigenvalue weighted by atomic mass is 16.4. The van der Waals surface area contributed by atoms with Crippen LogP contribution in [0.4, 0.5) is 0 Å². The molecule has 0 bridgehead atoms. The lowest BCUT2D eigenvalue weighted by Crippen LogP contribution is -2.33. The molecule has 1 aromatic rings. The first-order valence-corrected chi connectivity index (χ1v) is 6.59. The molecule has 18 heavy (non-hydrogen) atoms. The highest BCUT2D eigenvalue weighted by molar-refractivity contribution is 5.85. The molecule has 1 aromatic heterocycles. The van der Waals surface area contributed by atoms with Crippen LogP contribution in [-0.4, -0.2) is 34.0 Å². The number of aromatic carboxylic acids is 1. The number of nitrogens with zero attached hydrogens (tertiary/aromatic N) is 2. The molecule has 1 N–H and O–H groups in total. The number of carboxylic acid groups (broad SMARTS) is 1. The quantitative estimate of drug-likeness (QED) is 0.889. The van der Waals surface area contributed by atoms with Gasteiger partial charge in [0, 0.05) is 12.7 Å². The van der Waals surface area contributed by atoms with E-state index in [-0.39, 0.29) is 5.69 Å². The smallest absolute Gasteiger partial charge is 0.354 e. The molecule has 2 heterocycles. The minimum atomic E-state index is -0.957. The third kappa shape index (κ3) is 3.29. The maximum absolute atomic E-state index is 10.9. The van der Waals surface area contributed by atoms with Crippen molar-refractivity contribution in [1.29, 1.82) is 0 Å². The molecule has 1 aliphatic heterocycles. The van der Waals surface area contributed by atoms with E-state index in [1.807, 2.05) is 6.07 Å². The third-order valence-electron chi connectivity index (χ3n) is 3.73. The SMILES string of the molecule is CCC1CCN(Cc2ccnc(C(=O)O)c2)CC1. The van der Waals surface area contributed by atoms with Gasteiger partial charge in [0.2, 0.25) is 0 Å². The largest absolute Gasteiger partial charge is 0.477 e. The van der Waals surface area contributed by atoms with Crippen molar-refractivity contribution in [2.45, 2.75) is 32.7 Å². The maximum atomic E-state index is 10.9. The second-order valence-corrected chi connectivity index (χ2v) is 4.98. The summed E-state index contributed by atoms with van der Waals surface area (Å²) in [5.74, 6) is -0.0881. The number of pyridine rings is 1. The molecule has 0 aromatic carbocycles. The number of piperidine rings is 1. The molecule has 2 rings (SSSR count). The molecule has 1 fully saturated rings. The van der Waals surface area contributed by atoms with Gasteiger partial charge in [-0.3, -0.25) is 4.90 Å². The number of hydrogen-bond acceptors (Lipinski definition) is 3. The molecular weight excluding hydrogens is 228 g/mol. The average Bonchev–Trinajstić information content (AvgIpc) is 2.40. The van der Waals surface area contributed by atoms with E-state index in [0.717, 1.165) is 31.1 Å². The van der Waals surface area contributed by atoms with Crippen LogP contribution >= 0.6 is 0 Å². The Morgan fingerprint density at radius 2 is 2.22 bits per heavy atom. The predicted octanol–water partition coefficient (Wildman–Crippen LogP) is 2.40. The normalized spacial score (nSPS) is 17.8. The van der Waals surface area contributed by atoms with E-state index >= 15 is 0 Å². The van der Waals surface area contributed by atoms with Crippen LogP contribution in [0, 0.1) is 5.92 Å². The average molecular weight is 248 g/mol. The zero-order valence-corrected chi connectivity index (χ0v) is 10.8. The van der Waals surface area contributed by atoms with Gasteiger partial charge in [0.15, 0.2) is 0 Å². The second kappa shape index (κ2) is 5.96. The predicted molar refractivity (Wildman–Crippen MR) is 69.5 cm³/mol. The molecule has 4 heteroatoms. The summed E-state index contributed by atoms with van der Waals surface area (Å²) < 4.78 is 0. The first-order chi connectivity index (χ1) is 8.69. The van der Waals surface area contributed by atoms with E-state index in [9.17, 15) is 4.79 Å². The van der Waals surface area contributed by atoms with Gasteiger partial charge < -0.3 is 5.11 Å². The lowest BCUT2D eigenvalue weighted by molar-refractivity contribution is 0.0690. The Balaban J connectivity index is 1.94. The molecule has 0 saturated carbocycles. The van der Waals surface area contributed by atoms with E-state index in [0.29, 0.717) is 0 Å². The summed E-state index contributed by atoms with van der Waals surface area (Å²) >= 11 is 0. The summed E-state index contributed by atoms with van der Waals surface area (Å²) in [4.78, 5) is 17.1. The Morgan fingerprint density at radius 3 is 2.83 bits per heavy atom. The van der Waals surface area contributed by atoms with E-state index < -0.39 is 5.97 Å². The van der Waals surface area contributed by atoms with Crippen molar-refractivity contribution < 1.29 is 9.90 Å². The minimum absolute atomic E-state index is 0.135. The van der Waals surface area contributed by atoms with E-state index in [4.69, 9.17) is 5.11 Å². The van der Waals surface area contributed by atoms with Crippen LogP contribution in [0.2, 0.25) is 0 Å². The fourth-order valence-corrected chi connectivity index (χ4v) is 2.50. The summed E-state index contributed by atoms with van der Waals surface area (Å²) in [6.45, 7) is 5.31. The first-order valence-electron chi connectivity index (χ1n) is 6.59. The Hall–Kier alpha value is -1.42. The van der Waals surface area contributed by atoms with Gasteiger partial charge in [0.1, 0.15) is 5.69 Å². The molecule has 1 saturated heterocycles. The summed E-state index contributed by atoms with van der Waals surface area (Å²) in [5, 5.41) is 8.91. The van der Waals surface area contributed by atoms with Crippen molar-refractivity contribution >= 4 is 5.97 Å². The van der Waals surface area contributed by atoms with Gasteiger partial charge in [-0.05, 0) is 49.5 Å². The zero-order valence-electron chi connectivity index (χ0n) is 10.8. The summed E-state index contributed by atoms with van der Waals surface area (Å²) in [5.41, 5.74) is 1.17. The molecular formula is C14H20N2O2. The van der Waals surface area contributed by atoms with E-state index in [1.165, 1.54) is 19.3 Å². The Kier molecular flexibility index (Phi) is 4.31. The Bertz CT molecular complexity index is 412. The van der Waals surface area contributed by atoms with Crippen LogP contribution in [0.5, 0.6) is 0 Å². The number of likely N-dealkylation sites (tertiary alicyclic amines) is 1. The molecule has 0 atom stereocenters. The second-order valence-electron chi connectivity index (χ2n) is 4.98. The summed E-state index contributed by atoms with van der Waals surface area (Å²) in [7, 11) is 0. The molecule has 0 unspecified atom stereocenters. The first kappa shape index (κ1) is 13.0. The fourth-order valence-electron chi connectivity index (χ4n) is 2.50. The van der Waals surface area contributed by atoms with Crippen LogP contribution in [0.1, 0.15) is 42.2 Å². The van der Waals surface area contributed by atoms with Crippen LogP contribution in [0.15, 0.2) is 18.3 Å². The Morgan fingerprint density at radius 1 is 1.50 bits per heavy atom. The third-order valence-corrected chi connectivity index (χ3v) is 3.73. The van der Waals surface area contributed by atoms with Gasteiger partial charge >= 0.3 is 5.97 Å². The minimum Gasteiger partial charge on any atom is -0.477 e. The summed E-state index contributed by atoms with van der Waals surface area (Å²) in [6, 6.07) is 3.58. The maximum Gasteiger partial charge on any atom is 0.354 e. The molecule has 0 amide bonds. The summed E-state index contributed by atoms with van der Waals surface area (Å²) in [6.07, 6.45) is 5.37. The number of aromatic nitrogens is 1. The lowest BCUT2D eigenvalue weighted by atomic mass is 9.94. The van der Waals surface area contributed by atoms with Gasteiger partial charge in [-0.25, -0.2) is 9.78 Å². The topological polar surface area (TPSA) is 53.4 Å². The van der Waals surface area contributed by atoms with Crippen molar-refractivity contribution in [3.8, 4) is 0 Å². The lowest BCUT2D eigenvalue weighted by Gasteiger charge is -2.31. The van der Waals surface area contributed by atoms with Crippen LogP contribution < -0.4 is 0 Å². The number of carbonyl (C=O) groups is 1. The van der Waals surface area contributed by atoms with Crippen molar-refractivity contribution in [2.24, 2.45) is 5.92 Å². The van der Waals surface area contributed by atoms with Crippen molar-refractivity contribution in [3.05, 3.63) is 29.6 Å². The van der Waals surface area contributed by atoms with E-state index in [2.05, 4.69) is 16.8 Å². The monoisotopic (exact) mass is 248 g/mol. The van der Waals surface area contributed by atoms with Crippen LogP contribution in [-0.2, 0) is 6.54 Å². The highest BCUT2D eigenvalue weighted by Crippen LogP contribution is 2.21. The zero-order chi connectivity index (χ0) is 13.0. The van der Waals surface area contributed by atoms with Crippen LogP contribution in [0.25, 0.3) is 0 Å². The van der Waals surface area contributed by atoms with Crippen molar-refractivity contribution in [3.63, 3.8) is 0 Å². The molecule has 0 aliphatic carbocycles. The highest BCUT2D eigenvalue weighted by Gasteiger charge is 2.18. The van der Waals surface area contributed by atoms with Gasteiger partial charge in [-0.15, -0.1) is 0 Å². The number of hydrogen-bond donors (Lipinski definition) is 1. The van der Waals surface area contributed by atoms with Crippen LogP contribution in [0.3, 0.4) is 0 Å².